The van der Waals surface area contributed by atoms with E-state index in [0.717, 1.165) is 38.5 Å². The van der Waals surface area contributed by atoms with E-state index in [1.165, 1.54) is 7.05 Å². The normalized spacial score (nSPS) is 15.8. The van der Waals surface area contributed by atoms with Crippen molar-refractivity contribution in [2.24, 2.45) is 10.8 Å². The largest absolute Gasteiger partial charge is 0.465 e. The van der Waals surface area contributed by atoms with Crippen molar-refractivity contribution in [1.29, 1.82) is 0 Å². The number of pyridine rings is 2. The molecule has 5 unspecified atom stereocenters. The number of hydrogen-bond donors (Lipinski definition) is 4. The first kappa shape index (κ1) is 45.3. The van der Waals surface area contributed by atoms with Gasteiger partial charge in [-0.3, -0.25) is 24.5 Å². The number of carbonyl (C=O) groups is 4. The van der Waals surface area contributed by atoms with Crippen LogP contribution in [0.3, 0.4) is 0 Å². The van der Waals surface area contributed by atoms with Gasteiger partial charge in [0.2, 0.25) is 11.8 Å². The van der Waals surface area contributed by atoms with Crippen LogP contribution in [-0.2, 0) is 29.0 Å². The molecule has 4 aromatic rings. The van der Waals surface area contributed by atoms with Crippen LogP contribution in [0.25, 0.3) is 11.3 Å². The van der Waals surface area contributed by atoms with Crippen molar-refractivity contribution in [3.05, 3.63) is 120 Å². The highest BCUT2D eigenvalue weighted by molar-refractivity contribution is 5.89. The first-order chi connectivity index (χ1) is 28.3. The van der Waals surface area contributed by atoms with Gasteiger partial charge in [0, 0.05) is 56.4 Å². The molecule has 1 fully saturated rings. The summed E-state index contributed by atoms with van der Waals surface area (Å²) in [5.41, 5.74) is 3.85. The van der Waals surface area contributed by atoms with Crippen molar-refractivity contribution < 1.29 is 29.4 Å². The number of carbonyl (C=O) groups excluding carboxylic acids is 3. The second kappa shape index (κ2) is 19.5. The molecule has 13 nitrogen and oxygen atoms in total. The number of aliphatic hydroxyl groups is 1. The molecule has 2 aromatic carbocycles. The van der Waals surface area contributed by atoms with Gasteiger partial charge in [-0.05, 0) is 71.9 Å². The molecule has 0 radical (unpaired) electrons. The van der Waals surface area contributed by atoms with Crippen molar-refractivity contribution in [3.8, 4) is 11.3 Å². The third-order valence-corrected chi connectivity index (χ3v) is 11.0. The summed E-state index contributed by atoms with van der Waals surface area (Å²) in [5.74, 6) is -0.888. The average Bonchev–Trinajstić information content (AvgIpc) is 3.53. The topological polar surface area (TPSA) is 168 Å². The van der Waals surface area contributed by atoms with E-state index in [2.05, 4.69) is 20.6 Å². The summed E-state index contributed by atoms with van der Waals surface area (Å²) in [6, 6.07) is 23.2. The fourth-order valence-corrected chi connectivity index (χ4v) is 8.03. The van der Waals surface area contributed by atoms with E-state index in [9.17, 15) is 29.4 Å². The second-order valence-electron chi connectivity index (χ2n) is 18.1. The quantitative estimate of drug-likeness (QED) is 0.102. The van der Waals surface area contributed by atoms with Crippen molar-refractivity contribution in [2.45, 2.75) is 105 Å². The lowest BCUT2D eigenvalue weighted by molar-refractivity contribution is -0.131. The number of aliphatic hydroxyl groups excluding tert-OH is 1. The molecule has 0 bridgehead atoms. The number of nitrogens with zero attached hydrogens (tertiary/aromatic N) is 5. The molecule has 3 heterocycles. The molecular weight excluding hydrogens is 759 g/mol. The van der Waals surface area contributed by atoms with E-state index in [0.29, 0.717) is 26.1 Å². The highest BCUT2D eigenvalue weighted by atomic mass is 16.4. The molecule has 1 aliphatic heterocycles. The first-order valence-electron chi connectivity index (χ1n) is 20.6. The number of benzene rings is 2. The fourth-order valence-electron chi connectivity index (χ4n) is 8.03. The molecule has 0 saturated carbocycles. The number of amides is 5. The Kier molecular flexibility index (Phi) is 14.7. The van der Waals surface area contributed by atoms with Crippen LogP contribution in [0.15, 0.2) is 97.3 Å². The van der Waals surface area contributed by atoms with Crippen molar-refractivity contribution in [2.75, 3.05) is 20.1 Å². The SMILES string of the molecule is Cc1ccc(CN2CCN(C(C(=O)NC(Cc3ccccc3)C(O)CC(Cc3ccc(-c4ccccn4)cc3)NC(=O)C(N(C)C(=O)O)C(C)(C)C)C(C)(C)C)C2=O)cn1. The molecule has 60 heavy (non-hydrogen) atoms. The van der Waals surface area contributed by atoms with Crippen LogP contribution < -0.4 is 10.6 Å². The Labute approximate surface area is 354 Å². The lowest BCUT2D eigenvalue weighted by Gasteiger charge is -2.38. The number of urea groups is 1. The number of hydrogen-bond acceptors (Lipinski definition) is 7. The van der Waals surface area contributed by atoms with Crippen LogP contribution >= 0.6 is 0 Å². The Morgan fingerprint density at radius 3 is 2.02 bits per heavy atom. The van der Waals surface area contributed by atoms with Gasteiger partial charge in [0.15, 0.2) is 0 Å². The molecule has 1 saturated heterocycles. The minimum atomic E-state index is -1.24. The molecule has 5 amide bonds. The van der Waals surface area contributed by atoms with Crippen LogP contribution in [0.4, 0.5) is 9.59 Å². The van der Waals surface area contributed by atoms with Gasteiger partial charge >= 0.3 is 12.1 Å². The number of aromatic nitrogens is 2. The summed E-state index contributed by atoms with van der Waals surface area (Å²) in [6.07, 6.45) is 1.69. The molecule has 320 valence electrons. The maximum absolute atomic E-state index is 14.6. The standard InChI is InChI=1S/C47H61N7O6/c1-31-17-18-34(29-49-31)30-53-24-25-54(44(53)58)41(47(5,6)7)43(57)51-38(27-32-14-10-9-11-15-32)39(55)28-36(50-42(56)40(46(2,3)4)52(8)45(59)60)26-33-19-21-35(22-20-33)37-16-12-13-23-48-37/h9-23,29,36,38-41,55H,24-28,30H2,1-8H3,(H,50,56)(H,51,57)(H,59,60). The van der Waals surface area contributed by atoms with Crippen LogP contribution in [0.2, 0.25) is 0 Å². The monoisotopic (exact) mass is 819 g/mol. The van der Waals surface area contributed by atoms with Crippen LogP contribution in [0.5, 0.6) is 0 Å². The van der Waals surface area contributed by atoms with E-state index in [4.69, 9.17) is 0 Å². The maximum atomic E-state index is 14.6. The van der Waals surface area contributed by atoms with Gasteiger partial charge in [-0.2, -0.15) is 0 Å². The van der Waals surface area contributed by atoms with Crippen LogP contribution in [-0.4, -0.2) is 109 Å². The number of carboxylic acid groups (broad SMARTS) is 1. The highest BCUT2D eigenvalue weighted by Crippen LogP contribution is 2.30. The van der Waals surface area contributed by atoms with Crippen LogP contribution in [0, 0.1) is 17.8 Å². The van der Waals surface area contributed by atoms with E-state index in [1.807, 2.05) is 113 Å². The van der Waals surface area contributed by atoms with Crippen molar-refractivity contribution in [1.82, 2.24) is 35.3 Å². The molecule has 13 heteroatoms. The molecule has 4 N–H and O–H groups in total. The van der Waals surface area contributed by atoms with Crippen molar-refractivity contribution in [3.63, 3.8) is 0 Å². The van der Waals surface area contributed by atoms with E-state index < -0.39 is 59.0 Å². The van der Waals surface area contributed by atoms with E-state index in [-0.39, 0.29) is 18.9 Å². The summed E-state index contributed by atoms with van der Waals surface area (Å²) in [4.78, 5) is 67.9. The van der Waals surface area contributed by atoms with Gasteiger partial charge in [-0.15, -0.1) is 0 Å². The Morgan fingerprint density at radius 2 is 1.43 bits per heavy atom. The predicted octanol–water partition coefficient (Wildman–Crippen LogP) is 6.33. The molecule has 5 rings (SSSR count). The zero-order chi connectivity index (χ0) is 43.8. The Hall–Kier alpha value is -5.82. The third-order valence-electron chi connectivity index (χ3n) is 11.0. The van der Waals surface area contributed by atoms with Gasteiger partial charge in [0.25, 0.3) is 0 Å². The maximum Gasteiger partial charge on any atom is 0.407 e. The number of nitrogens with one attached hydrogen (secondary N) is 2. The lowest BCUT2D eigenvalue weighted by Crippen LogP contribution is -2.59. The Morgan fingerprint density at radius 1 is 0.783 bits per heavy atom. The van der Waals surface area contributed by atoms with Gasteiger partial charge in [-0.25, -0.2) is 9.59 Å². The summed E-state index contributed by atoms with van der Waals surface area (Å²) in [6.45, 7) is 14.2. The molecule has 5 atom stereocenters. The van der Waals surface area contributed by atoms with Crippen LogP contribution in [0.1, 0.15) is 70.3 Å². The molecule has 0 spiro atoms. The second-order valence-corrected chi connectivity index (χ2v) is 18.1. The van der Waals surface area contributed by atoms with Gasteiger partial charge < -0.3 is 30.6 Å². The summed E-state index contributed by atoms with van der Waals surface area (Å²) in [7, 11) is 1.37. The van der Waals surface area contributed by atoms with Gasteiger partial charge in [0.05, 0.1) is 17.8 Å². The minimum Gasteiger partial charge on any atom is -0.465 e. The number of rotatable bonds is 16. The number of likely N-dealkylation sites (N-methyl/N-ethyl adjacent to an activating group) is 1. The lowest BCUT2D eigenvalue weighted by atomic mass is 9.84. The van der Waals surface area contributed by atoms with E-state index in [1.54, 1.807) is 43.0 Å². The van der Waals surface area contributed by atoms with E-state index >= 15 is 0 Å². The minimum absolute atomic E-state index is 0.0281. The van der Waals surface area contributed by atoms with Crippen molar-refractivity contribution >= 4 is 23.9 Å². The summed E-state index contributed by atoms with van der Waals surface area (Å²) >= 11 is 0. The molecular formula is C47H61N7O6. The Balaban J connectivity index is 1.42. The third kappa shape index (κ3) is 11.9. The van der Waals surface area contributed by atoms with Gasteiger partial charge in [-0.1, -0.05) is 108 Å². The summed E-state index contributed by atoms with van der Waals surface area (Å²) < 4.78 is 0. The fraction of sp³-hybridized carbons (Fsp3) is 0.447. The Bertz CT molecular complexity index is 2050. The predicted molar refractivity (Wildman–Crippen MR) is 232 cm³/mol. The smallest absolute Gasteiger partial charge is 0.407 e. The number of aryl methyl sites for hydroxylation is 1. The summed E-state index contributed by atoms with van der Waals surface area (Å²) in [5, 5.41) is 28.4. The average molecular weight is 820 g/mol. The molecule has 1 aliphatic rings. The molecule has 0 aliphatic carbocycles. The van der Waals surface area contributed by atoms with Gasteiger partial charge in [0.1, 0.15) is 12.1 Å². The highest BCUT2D eigenvalue weighted by Gasteiger charge is 2.45. The zero-order valence-corrected chi connectivity index (χ0v) is 36.1. The first-order valence-corrected chi connectivity index (χ1v) is 20.6. The molecule has 2 aromatic heterocycles. The zero-order valence-electron chi connectivity index (χ0n) is 36.1.